The van der Waals surface area contributed by atoms with Crippen LogP contribution >= 0.6 is 0 Å². The molecule has 1 aliphatic carbocycles. The van der Waals surface area contributed by atoms with Crippen LogP contribution in [0.5, 0.6) is 0 Å². The van der Waals surface area contributed by atoms with Crippen LogP contribution in [0.25, 0.3) is 0 Å². The van der Waals surface area contributed by atoms with Crippen molar-refractivity contribution in [1.82, 2.24) is 9.80 Å². The van der Waals surface area contributed by atoms with E-state index in [-0.39, 0.29) is 12.1 Å². The normalized spacial score (nSPS) is 21.4. The fourth-order valence-corrected chi connectivity index (χ4v) is 3.11. The summed E-state index contributed by atoms with van der Waals surface area (Å²) in [6, 6.07) is 0.294. The standard InChI is InChI=1S/C16H28N2O3/c1-4-16(14(19)20)7-9-17(10-8-16)15(21)18(12(2)3)11-13-5-6-13/h12-13H,4-11H2,1-3H3,(H,19,20). The minimum atomic E-state index is -0.712. The highest BCUT2D eigenvalue weighted by molar-refractivity contribution is 5.77. The molecule has 2 aliphatic rings. The summed E-state index contributed by atoms with van der Waals surface area (Å²) < 4.78 is 0. The number of hydrogen-bond acceptors (Lipinski definition) is 2. The van der Waals surface area contributed by atoms with E-state index >= 15 is 0 Å². The topological polar surface area (TPSA) is 60.9 Å². The molecule has 0 aromatic rings. The number of amides is 2. The lowest BCUT2D eigenvalue weighted by molar-refractivity contribution is -0.152. The molecule has 1 heterocycles. The van der Waals surface area contributed by atoms with Crippen LogP contribution in [0.3, 0.4) is 0 Å². The summed E-state index contributed by atoms with van der Waals surface area (Å²) in [6.45, 7) is 8.01. The zero-order valence-electron chi connectivity index (χ0n) is 13.5. The average molecular weight is 296 g/mol. The Bertz CT molecular complexity index is 396. The monoisotopic (exact) mass is 296 g/mol. The smallest absolute Gasteiger partial charge is 0.320 e. The average Bonchev–Trinajstić information content (AvgIpc) is 3.27. The van der Waals surface area contributed by atoms with Crippen LogP contribution in [0.4, 0.5) is 4.79 Å². The van der Waals surface area contributed by atoms with E-state index < -0.39 is 11.4 Å². The van der Waals surface area contributed by atoms with Crippen molar-refractivity contribution in [2.45, 2.75) is 58.9 Å². The number of likely N-dealkylation sites (tertiary alicyclic amines) is 1. The Morgan fingerprint density at radius 2 is 1.86 bits per heavy atom. The zero-order valence-corrected chi connectivity index (χ0v) is 13.5. The first-order valence-electron chi connectivity index (χ1n) is 8.18. The van der Waals surface area contributed by atoms with Gasteiger partial charge in [0.15, 0.2) is 0 Å². The first-order valence-corrected chi connectivity index (χ1v) is 8.18. The minimum absolute atomic E-state index is 0.0898. The van der Waals surface area contributed by atoms with Gasteiger partial charge >= 0.3 is 12.0 Å². The Labute approximate surface area is 127 Å². The van der Waals surface area contributed by atoms with Crippen molar-refractivity contribution < 1.29 is 14.7 Å². The molecule has 5 heteroatoms. The summed E-state index contributed by atoms with van der Waals surface area (Å²) in [4.78, 5) is 27.9. The summed E-state index contributed by atoms with van der Waals surface area (Å²) in [5, 5.41) is 9.42. The van der Waals surface area contributed by atoms with Crippen LogP contribution in [0.1, 0.15) is 52.9 Å². The fourth-order valence-electron chi connectivity index (χ4n) is 3.11. The predicted octanol–water partition coefficient (Wildman–Crippen LogP) is 2.80. The van der Waals surface area contributed by atoms with E-state index in [4.69, 9.17) is 0 Å². The first-order chi connectivity index (χ1) is 9.89. The molecule has 1 aliphatic heterocycles. The Kier molecular flexibility index (Phi) is 4.79. The number of carbonyl (C=O) groups is 2. The molecule has 2 fully saturated rings. The van der Waals surface area contributed by atoms with Crippen LogP contribution in [0.2, 0.25) is 0 Å². The van der Waals surface area contributed by atoms with Gasteiger partial charge in [-0.05, 0) is 51.9 Å². The highest BCUT2D eigenvalue weighted by Gasteiger charge is 2.42. The maximum atomic E-state index is 12.7. The molecule has 0 aromatic heterocycles. The first kappa shape index (κ1) is 16.1. The molecule has 0 bridgehead atoms. The summed E-state index contributed by atoms with van der Waals surface area (Å²) in [5.74, 6) is -0.0364. The van der Waals surface area contributed by atoms with Crippen LogP contribution in [-0.2, 0) is 4.79 Å². The van der Waals surface area contributed by atoms with Crippen LogP contribution in [-0.4, -0.2) is 52.6 Å². The van der Waals surface area contributed by atoms with Crippen LogP contribution in [0, 0.1) is 11.3 Å². The van der Waals surface area contributed by atoms with Gasteiger partial charge in [-0.1, -0.05) is 6.92 Å². The Morgan fingerprint density at radius 1 is 1.29 bits per heavy atom. The number of carboxylic acids is 1. The molecule has 1 N–H and O–H groups in total. The largest absolute Gasteiger partial charge is 0.481 e. The number of piperidine rings is 1. The number of aliphatic carboxylic acids is 1. The van der Waals surface area contributed by atoms with Gasteiger partial charge in [-0.2, -0.15) is 0 Å². The second-order valence-corrected chi connectivity index (χ2v) is 6.90. The predicted molar refractivity (Wildman–Crippen MR) is 81.1 cm³/mol. The van der Waals surface area contributed by atoms with Crippen molar-refractivity contribution in [3.05, 3.63) is 0 Å². The molecule has 5 nitrogen and oxygen atoms in total. The van der Waals surface area contributed by atoms with E-state index in [2.05, 4.69) is 13.8 Å². The molecule has 0 spiro atoms. The third-order valence-corrected chi connectivity index (χ3v) is 5.14. The summed E-state index contributed by atoms with van der Waals surface area (Å²) in [6.07, 6.45) is 4.24. The molecule has 1 saturated carbocycles. The van der Waals surface area contributed by atoms with Crippen molar-refractivity contribution in [1.29, 1.82) is 0 Å². The summed E-state index contributed by atoms with van der Waals surface area (Å²) in [7, 11) is 0. The Morgan fingerprint density at radius 3 is 2.24 bits per heavy atom. The number of rotatable bonds is 5. The quantitative estimate of drug-likeness (QED) is 0.848. The molecular formula is C16H28N2O3. The van der Waals surface area contributed by atoms with E-state index in [0.717, 1.165) is 6.54 Å². The molecule has 120 valence electrons. The second-order valence-electron chi connectivity index (χ2n) is 6.90. The molecule has 2 rings (SSSR count). The summed E-state index contributed by atoms with van der Waals surface area (Å²) >= 11 is 0. The number of urea groups is 1. The van der Waals surface area contributed by atoms with Gasteiger partial charge in [0.05, 0.1) is 5.41 Å². The van der Waals surface area contributed by atoms with E-state index in [9.17, 15) is 14.7 Å². The van der Waals surface area contributed by atoms with E-state index in [0.29, 0.717) is 38.3 Å². The fraction of sp³-hybridized carbons (Fsp3) is 0.875. The number of nitrogens with zero attached hydrogens (tertiary/aromatic N) is 2. The summed E-state index contributed by atoms with van der Waals surface area (Å²) in [5.41, 5.74) is -0.629. The van der Waals surface area contributed by atoms with Gasteiger partial charge in [0.1, 0.15) is 0 Å². The molecule has 0 aromatic carbocycles. The molecule has 0 atom stereocenters. The number of hydrogen-bond donors (Lipinski definition) is 1. The van der Waals surface area contributed by atoms with Gasteiger partial charge < -0.3 is 14.9 Å². The zero-order chi connectivity index (χ0) is 15.6. The molecule has 2 amide bonds. The maximum absolute atomic E-state index is 12.7. The van der Waals surface area contributed by atoms with Gasteiger partial charge in [0.2, 0.25) is 0 Å². The van der Waals surface area contributed by atoms with Crippen molar-refractivity contribution >= 4 is 12.0 Å². The molecular weight excluding hydrogens is 268 g/mol. The Hall–Kier alpha value is -1.26. The van der Waals surface area contributed by atoms with Crippen LogP contribution in [0.15, 0.2) is 0 Å². The second kappa shape index (κ2) is 6.24. The third-order valence-electron chi connectivity index (χ3n) is 5.14. The Balaban J connectivity index is 1.96. The van der Waals surface area contributed by atoms with Crippen LogP contribution < -0.4 is 0 Å². The van der Waals surface area contributed by atoms with Gasteiger partial charge in [-0.25, -0.2) is 4.79 Å². The number of carbonyl (C=O) groups excluding carboxylic acids is 1. The number of carboxylic acid groups (broad SMARTS) is 1. The van der Waals surface area contributed by atoms with Gasteiger partial charge in [0.25, 0.3) is 0 Å². The van der Waals surface area contributed by atoms with Gasteiger partial charge in [0, 0.05) is 25.7 Å². The lowest BCUT2D eigenvalue weighted by atomic mass is 9.76. The van der Waals surface area contributed by atoms with E-state index in [1.54, 1.807) is 0 Å². The lowest BCUT2D eigenvalue weighted by Crippen LogP contribution is -2.52. The highest BCUT2D eigenvalue weighted by Crippen LogP contribution is 2.36. The van der Waals surface area contributed by atoms with Gasteiger partial charge in [-0.3, -0.25) is 4.79 Å². The van der Waals surface area contributed by atoms with Crippen molar-refractivity contribution in [3.8, 4) is 0 Å². The van der Waals surface area contributed by atoms with E-state index in [1.807, 2.05) is 16.7 Å². The SMILES string of the molecule is CCC1(C(=O)O)CCN(C(=O)N(CC2CC2)C(C)C)CC1. The van der Waals surface area contributed by atoms with Gasteiger partial charge in [-0.15, -0.1) is 0 Å². The van der Waals surface area contributed by atoms with Crippen molar-refractivity contribution in [3.63, 3.8) is 0 Å². The molecule has 0 unspecified atom stereocenters. The highest BCUT2D eigenvalue weighted by atomic mass is 16.4. The molecule has 21 heavy (non-hydrogen) atoms. The molecule has 0 radical (unpaired) electrons. The minimum Gasteiger partial charge on any atom is -0.481 e. The lowest BCUT2D eigenvalue weighted by Gasteiger charge is -2.41. The third kappa shape index (κ3) is 3.50. The van der Waals surface area contributed by atoms with Crippen molar-refractivity contribution in [2.75, 3.05) is 19.6 Å². The maximum Gasteiger partial charge on any atom is 0.320 e. The van der Waals surface area contributed by atoms with Crippen molar-refractivity contribution in [2.24, 2.45) is 11.3 Å². The molecule has 1 saturated heterocycles. The van der Waals surface area contributed by atoms with E-state index in [1.165, 1.54) is 12.8 Å².